The molecule has 0 aromatic heterocycles. The second kappa shape index (κ2) is 7.83. The maximum atomic E-state index is 9.51. The molecule has 2 nitrogen and oxygen atoms in total. The summed E-state index contributed by atoms with van der Waals surface area (Å²) in [5, 5.41) is 13.0. The summed E-state index contributed by atoms with van der Waals surface area (Å²) < 4.78 is 0. The molecular weight excluding hydrogens is 246 g/mol. The smallest absolute Gasteiger partial charge is 0.0587 e. The van der Waals surface area contributed by atoms with E-state index in [0.717, 1.165) is 13.0 Å². The lowest BCUT2D eigenvalue weighted by Gasteiger charge is -2.20. The lowest BCUT2D eigenvalue weighted by atomic mass is 10.00. The van der Waals surface area contributed by atoms with Gasteiger partial charge in [-0.05, 0) is 23.5 Å². The molecule has 1 unspecified atom stereocenters. The van der Waals surface area contributed by atoms with Crippen LogP contribution < -0.4 is 5.32 Å². The number of rotatable bonds is 7. The molecule has 2 atom stereocenters. The second-order valence-electron chi connectivity index (χ2n) is 5.29. The Bertz CT molecular complexity index is 483. The number of hydrogen-bond acceptors (Lipinski definition) is 2. The predicted molar refractivity (Wildman–Crippen MR) is 83.9 cm³/mol. The zero-order valence-corrected chi connectivity index (χ0v) is 12.0. The lowest BCUT2D eigenvalue weighted by molar-refractivity contribution is 0.240. The van der Waals surface area contributed by atoms with E-state index in [1.54, 1.807) is 0 Å². The Hall–Kier alpha value is -1.64. The normalized spacial score (nSPS) is 13.9. The van der Waals surface area contributed by atoms with E-state index in [1.165, 1.54) is 11.1 Å². The average Bonchev–Trinajstić information content (AvgIpc) is 2.53. The summed E-state index contributed by atoms with van der Waals surface area (Å²) in [7, 11) is 0. The third-order valence-corrected chi connectivity index (χ3v) is 3.63. The molecule has 0 aliphatic carbocycles. The molecule has 0 fully saturated rings. The highest BCUT2D eigenvalue weighted by atomic mass is 16.3. The van der Waals surface area contributed by atoms with Crippen LogP contribution >= 0.6 is 0 Å². The van der Waals surface area contributed by atoms with Crippen molar-refractivity contribution >= 4 is 0 Å². The maximum absolute atomic E-state index is 9.51. The standard InChI is InChI=1S/C18H23NO/c1-15(17-10-6-3-7-11-17)13-19-18(14-20)12-16-8-4-2-5-9-16/h2-11,15,18-20H,12-14H2,1H3/t15?,18-/m0/s1. The van der Waals surface area contributed by atoms with Gasteiger partial charge in [0.1, 0.15) is 0 Å². The van der Waals surface area contributed by atoms with E-state index >= 15 is 0 Å². The topological polar surface area (TPSA) is 32.3 Å². The molecule has 0 spiro atoms. The van der Waals surface area contributed by atoms with Gasteiger partial charge in [0.15, 0.2) is 0 Å². The highest BCUT2D eigenvalue weighted by Crippen LogP contribution is 2.13. The Morgan fingerprint density at radius 3 is 2.15 bits per heavy atom. The number of aliphatic hydroxyl groups is 1. The molecule has 20 heavy (non-hydrogen) atoms. The molecule has 0 aliphatic rings. The molecule has 0 aliphatic heterocycles. The molecule has 0 amide bonds. The van der Waals surface area contributed by atoms with Crippen molar-refractivity contribution in [1.29, 1.82) is 0 Å². The van der Waals surface area contributed by atoms with Gasteiger partial charge in [0.25, 0.3) is 0 Å². The molecule has 2 rings (SSSR count). The van der Waals surface area contributed by atoms with Gasteiger partial charge in [0, 0.05) is 12.6 Å². The maximum Gasteiger partial charge on any atom is 0.0587 e. The van der Waals surface area contributed by atoms with Crippen molar-refractivity contribution in [2.45, 2.75) is 25.3 Å². The monoisotopic (exact) mass is 269 g/mol. The lowest BCUT2D eigenvalue weighted by Crippen LogP contribution is -2.36. The van der Waals surface area contributed by atoms with E-state index in [9.17, 15) is 5.11 Å². The summed E-state index contributed by atoms with van der Waals surface area (Å²) in [6, 6.07) is 20.9. The minimum Gasteiger partial charge on any atom is -0.395 e. The Balaban J connectivity index is 1.85. The summed E-state index contributed by atoms with van der Waals surface area (Å²) in [6.07, 6.45) is 0.860. The van der Waals surface area contributed by atoms with Crippen LogP contribution in [-0.4, -0.2) is 24.3 Å². The molecule has 2 aromatic rings. The molecule has 0 bridgehead atoms. The Kier molecular flexibility index (Phi) is 5.78. The summed E-state index contributed by atoms with van der Waals surface area (Å²) in [4.78, 5) is 0. The van der Waals surface area contributed by atoms with Crippen LogP contribution in [0.1, 0.15) is 24.0 Å². The molecule has 2 aromatic carbocycles. The molecular formula is C18H23NO. The minimum absolute atomic E-state index is 0.114. The minimum atomic E-state index is 0.114. The highest BCUT2D eigenvalue weighted by molar-refractivity contribution is 5.19. The third-order valence-electron chi connectivity index (χ3n) is 3.63. The number of aliphatic hydroxyl groups excluding tert-OH is 1. The molecule has 106 valence electrons. The van der Waals surface area contributed by atoms with E-state index in [0.29, 0.717) is 5.92 Å². The van der Waals surface area contributed by atoms with Gasteiger partial charge in [-0.25, -0.2) is 0 Å². The second-order valence-corrected chi connectivity index (χ2v) is 5.29. The van der Waals surface area contributed by atoms with Gasteiger partial charge in [0.05, 0.1) is 6.61 Å². The zero-order chi connectivity index (χ0) is 14.2. The van der Waals surface area contributed by atoms with E-state index < -0.39 is 0 Å². The summed E-state index contributed by atoms with van der Waals surface area (Å²) in [5.41, 5.74) is 2.59. The fraction of sp³-hybridized carbons (Fsp3) is 0.333. The first kappa shape index (κ1) is 14.8. The summed E-state index contributed by atoms with van der Waals surface area (Å²) in [6.45, 7) is 3.25. The van der Waals surface area contributed by atoms with Crippen LogP contribution in [0.25, 0.3) is 0 Å². The SMILES string of the molecule is CC(CN[C@H](CO)Cc1ccccc1)c1ccccc1. The molecule has 0 saturated carbocycles. The summed E-state index contributed by atoms with van der Waals surface area (Å²) in [5.74, 6) is 0.445. The molecule has 2 heteroatoms. The van der Waals surface area contributed by atoms with Crippen LogP contribution in [0.3, 0.4) is 0 Å². The Labute approximate surface area is 121 Å². The predicted octanol–water partition coefficient (Wildman–Crippen LogP) is 2.98. The van der Waals surface area contributed by atoms with Crippen molar-refractivity contribution in [3.8, 4) is 0 Å². The average molecular weight is 269 g/mol. The number of nitrogens with one attached hydrogen (secondary N) is 1. The van der Waals surface area contributed by atoms with Gasteiger partial charge in [-0.15, -0.1) is 0 Å². The third kappa shape index (κ3) is 4.48. The van der Waals surface area contributed by atoms with Crippen molar-refractivity contribution in [2.24, 2.45) is 0 Å². The van der Waals surface area contributed by atoms with Gasteiger partial charge in [-0.1, -0.05) is 67.6 Å². The quantitative estimate of drug-likeness (QED) is 0.810. The molecule has 2 N–H and O–H groups in total. The first-order valence-electron chi connectivity index (χ1n) is 7.22. The van der Waals surface area contributed by atoms with Crippen molar-refractivity contribution in [3.63, 3.8) is 0 Å². The van der Waals surface area contributed by atoms with Gasteiger partial charge >= 0.3 is 0 Å². The van der Waals surface area contributed by atoms with Crippen molar-refractivity contribution in [2.75, 3.05) is 13.2 Å². The van der Waals surface area contributed by atoms with Crippen LogP contribution in [0.2, 0.25) is 0 Å². The highest BCUT2D eigenvalue weighted by Gasteiger charge is 2.11. The van der Waals surface area contributed by atoms with E-state index in [2.05, 4.69) is 48.6 Å². The van der Waals surface area contributed by atoms with Crippen LogP contribution in [-0.2, 0) is 6.42 Å². The summed E-state index contributed by atoms with van der Waals surface area (Å²) >= 11 is 0. The Morgan fingerprint density at radius 1 is 0.950 bits per heavy atom. The van der Waals surface area contributed by atoms with Crippen LogP contribution in [0, 0.1) is 0 Å². The van der Waals surface area contributed by atoms with E-state index in [1.807, 2.05) is 24.3 Å². The fourth-order valence-electron chi connectivity index (χ4n) is 2.34. The van der Waals surface area contributed by atoms with Gasteiger partial charge < -0.3 is 10.4 Å². The van der Waals surface area contributed by atoms with Gasteiger partial charge in [-0.2, -0.15) is 0 Å². The van der Waals surface area contributed by atoms with Gasteiger partial charge in [-0.3, -0.25) is 0 Å². The first-order chi connectivity index (χ1) is 9.79. The van der Waals surface area contributed by atoms with Crippen molar-refractivity contribution in [1.82, 2.24) is 5.32 Å². The number of hydrogen-bond donors (Lipinski definition) is 2. The molecule has 0 heterocycles. The fourth-order valence-corrected chi connectivity index (χ4v) is 2.34. The largest absolute Gasteiger partial charge is 0.395 e. The van der Waals surface area contributed by atoms with Crippen LogP contribution in [0.5, 0.6) is 0 Å². The van der Waals surface area contributed by atoms with E-state index in [-0.39, 0.29) is 12.6 Å². The number of benzene rings is 2. The van der Waals surface area contributed by atoms with E-state index in [4.69, 9.17) is 0 Å². The first-order valence-corrected chi connectivity index (χ1v) is 7.22. The zero-order valence-electron chi connectivity index (χ0n) is 12.0. The Morgan fingerprint density at radius 2 is 1.55 bits per heavy atom. The van der Waals surface area contributed by atoms with Crippen LogP contribution in [0.4, 0.5) is 0 Å². The van der Waals surface area contributed by atoms with Crippen molar-refractivity contribution < 1.29 is 5.11 Å². The van der Waals surface area contributed by atoms with Crippen LogP contribution in [0.15, 0.2) is 60.7 Å². The van der Waals surface area contributed by atoms with Gasteiger partial charge in [0.2, 0.25) is 0 Å². The molecule has 0 saturated heterocycles. The molecule has 0 radical (unpaired) electrons. The van der Waals surface area contributed by atoms with Crippen molar-refractivity contribution in [3.05, 3.63) is 71.8 Å².